The van der Waals surface area contributed by atoms with Crippen LogP contribution in [-0.2, 0) is 5.41 Å². The Morgan fingerprint density at radius 3 is 1.67 bits per heavy atom. The molecule has 1 aliphatic carbocycles. The predicted octanol–water partition coefficient (Wildman–Crippen LogP) is 13.3. The maximum atomic E-state index is 5.69. The van der Waals surface area contributed by atoms with Crippen LogP contribution in [0.25, 0.3) is 78.4 Å². The minimum Gasteiger partial charge on any atom is -0.443 e. The van der Waals surface area contributed by atoms with E-state index in [-0.39, 0.29) is 0 Å². The molecule has 0 amide bonds. The highest BCUT2D eigenvalue weighted by Gasteiger charge is 2.47. The van der Waals surface area contributed by atoms with Gasteiger partial charge in [-0.1, -0.05) is 188 Å². The Kier molecular flexibility index (Phi) is 8.00. The zero-order chi connectivity index (χ0) is 38.5. The Hall–Kier alpha value is -7.69. The highest BCUT2D eigenvalue weighted by molar-refractivity contribution is 5.96. The maximum absolute atomic E-state index is 5.69. The van der Waals surface area contributed by atoms with Gasteiger partial charge >= 0.3 is 0 Å². The molecule has 272 valence electrons. The minimum atomic E-state index is -0.558. The Labute approximate surface area is 336 Å². The van der Waals surface area contributed by atoms with Crippen LogP contribution in [0.3, 0.4) is 0 Å². The molecule has 0 N–H and O–H groups in total. The fraction of sp³-hybridized carbons (Fsp3) is 0.0185. The van der Waals surface area contributed by atoms with Gasteiger partial charge in [-0.15, -0.1) is 0 Å². The fourth-order valence-corrected chi connectivity index (χ4v) is 8.88. The molecule has 2 aromatic heterocycles. The van der Waals surface area contributed by atoms with Crippen molar-refractivity contribution in [3.8, 4) is 67.3 Å². The lowest BCUT2D eigenvalue weighted by molar-refractivity contribution is 0.602. The molecule has 0 fully saturated rings. The number of aromatic nitrogens is 3. The van der Waals surface area contributed by atoms with Crippen molar-refractivity contribution in [3.63, 3.8) is 0 Å². The van der Waals surface area contributed by atoms with E-state index in [1.807, 2.05) is 18.2 Å². The van der Waals surface area contributed by atoms with Crippen molar-refractivity contribution in [2.75, 3.05) is 0 Å². The summed E-state index contributed by atoms with van der Waals surface area (Å²) in [5.41, 5.74) is 17.8. The van der Waals surface area contributed by atoms with E-state index in [4.69, 9.17) is 14.4 Å². The number of hydrogen-bond donors (Lipinski definition) is 0. The highest BCUT2D eigenvalue weighted by Crippen LogP contribution is 2.58. The van der Waals surface area contributed by atoms with Gasteiger partial charge in [0.05, 0.1) is 16.8 Å². The van der Waals surface area contributed by atoms with E-state index in [9.17, 15) is 0 Å². The average Bonchev–Trinajstić information content (AvgIpc) is 3.91. The van der Waals surface area contributed by atoms with Crippen LogP contribution in [0.5, 0.6) is 0 Å². The van der Waals surface area contributed by atoms with E-state index in [1.165, 1.54) is 50.9 Å². The molecule has 0 saturated carbocycles. The SMILES string of the molecule is c1ccc(-c2ccc(-c3cc(-c4ccccc4)nc(-c4ccc(-c5cccc6c5-c5ccccc5C6(c5ccccc5)c5ccc6ocnc6c5)cc4)n3)cc2)cc1. The van der Waals surface area contributed by atoms with Crippen LogP contribution in [0, 0.1) is 0 Å². The molecule has 58 heavy (non-hydrogen) atoms. The maximum Gasteiger partial charge on any atom is 0.181 e. The monoisotopic (exact) mass is 741 g/mol. The van der Waals surface area contributed by atoms with E-state index in [2.05, 4.69) is 193 Å². The van der Waals surface area contributed by atoms with Crippen molar-refractivity contribution in [1.82, 2.24) is 15.0 Å². The molecular formula is C54H35N3O. The van der Waals surface area contributed by atoms with Crippen molar-refractivity contribution in [1.29, 1.82) is 0 Å². The summed E-state index contributed by atoms with van der Waals surface area (Å²) in [6, 6.07) is 73.1. The molecule has 1 aliphatic rings. The minimum absolute atomic E-state index is 0.558. The summed E-state index contributed by atoms with van der Waals surface area (Å²) in [4.78, 5) is 14.9. The number of oxazole rings is 1. The summed E-state index contributed by atoms with van der Waals surface area (Å²) in [6.45, 7) is 0. The van der Waals surface area contributed by atoms with Crippen LogP contribution < -0.4 is 0 Å². The van der Waals surface area contributed by atoms with Gasteiger partial charge in [0, 0.05) is 16.7 Å². The molecule has 0 aliphatic heterocycles. The quantitative estimate of drug-likeness (QED) is 0.163. The van der Waals surface area contributed by atoms with Gasteiger partial charge in [-0.3, -0.25) is 0 Å². The molecule has 1 unspecified atom stereocenters. The first-order valence-electron chi connectivity index (χ1n) is 19.6. The van der Waals surface area contributed by atoms with Crippen molar-refractivity contribution in [2.24, 2.45) is 0 Å². The number of rotatable bonds is 7. The van der Waals surface area contributed by atoms with Gasteiger partial charge in [0.1, 0.15) is 5.52 Å². The van der Waals surface area contributed by atoms with E-state index >= 15 is 0 Å². The van der Waals surface area contributed by atoms with Gasteiger partial charge in [0.2, 0.25) is 0 Å². The molecule has 4 heteroatoms. The largest absolute Gasteiger partial charge is 0.443 e. The summed E-state index contributed by atoms with van der Waals surface area (Å²) in [6.07, 6.45) is 1.52. The van der Waals surface area contributed by atoms with Crippen molar-refractivity contribution in [2.45, 2.75) is 5.41 Å². The Morgan fingerprint density at radius 1 is 0.379 bits per heavy atom. The predicted molar refractivity (Wildman–Crippen MR) is 234 cm³/mol. The molecule has 1 atom stereocenters. The first kappa shape index (κ1) is 33.6. The Balaban J connectivity index is 1.04. The number of hydrogen-bond acceptors (Lipinski definition) is 4. The van der Waals surface area contributed by atoms with Crippen LogP contribution in [0.1, 0.15) is 22.3 Å². The zero-order valence-electron chi connectivity index (χ0n) is 31.5. The zero-order valence-corrected chi connectivity index (χ0v) is 31.5. The number of nitrogens with zero attached hydrogens (tertiary/aromatic N) is 3. The molecule has 0 radical (unpaired) electrons. The second-order valence-electron chi connectivity index (χ2n) is 14.8. The molecule has 8 aromatic carbocycles. The number of benzene rings is 8. The number of fused-ring (bicyclic) bond motifs is 4. The fourth-order valence-electron chi connectivity index (χ4n) is 8.88. The van der Waals surface area contributed by atoms with Gasteiger partial charge in [-0.25, -0.2) is 15.0 Å². The van der Waals surface area contributed by atoms with Crippen molar-refractivity contribution < 1.29 is 4.42 Å². The van der Waals surface area contributed by atoms with Crippen LogP contribution in [-0.4, -0.2) is 15.0 Å². The lowest BCUT2D eigenvalue weighted by atomic mass is 9.67. The van der Waals surface area contributed by atoms with E-state index in [1.54, 1.807) is 0 Å². The molecule has 0 bridgehead atoms. The summed E-state index contributed by atoms with van der Waals surface area (Å²) in [7, 11) is 0. The smallest absolute Gasteiger partial charge is 0.181 e. The van der Waals surface area contributed by atoms with Gasteiger partial charge in [-0.2, -0.15) is 0 Å². The summed E-state index contributed by atoms with van der Waals surface area (Å²) in [5, 5.41) is 0. The molecule has 4 nitrogen and oxygen atoms in total. The van der Waals surface area contributed by atoms with Gasteiger partial charge in [0.25, 0.3) is 0 Å². The van der Waals surface area contributed by atoms with E-state index in [0.717, 1.165) is 50.3 Å². The standard InChI is InChI=1S/C54H35N3O/c1-4-13-36(14-5-1)37-23-27-40(28-24-37)49-34-48(39-15-6-2-7-16-39)56-53(57-49)41-29-25-38(26-30-41)44-20-12-22-47-52(44)45-19-10-11-21-46(45)54(47,42-17-8-3-9-18-42)43-31-32-51-50(33-43)55-35-58-51/h1-35H. The molecule has 2 heterocycles. The molecule has 10 aromatic rings. The van der Waals surface area contributed by atoms with Crippen LogP contribution in [0.2, 0.25) is 0 Å². The summed E-state index contributed by atoms with van der Waals surface area (Å²) in [5.74, 6) is 0.685. The third kappa shape index (κ3) is 5.49. The van der Waals surface area contributed by atoms with Gasteiger partial charge in [-0.05, 0) is 73.8 Å². The van der Waals surface area contributed by atoms with Crippen LogP contribution in [0.15, 0.2) is 217 Å². The third-order valence-electron chi connectivity index (χ3n) is 11.6. The van der Waals surface area contributed by atoms with E-state index < -0.39 is 5.41 Å². The van der Waals surface area contributed by atoms with Crippen LogP contribution >= 0.6 is 0 Å². The molecule has 0 spiro atoms. The average molecular weight is 742 g/mol. The first-order chi connectivity index (χ1) is 28.7. The second-order valence-corrected chi connectivity index (χ2v) is 14.8. The topological polar surface area (TPSA) is 51.8 Å². The van der Waals surface area contributed by atoms with Gasteiger partial charge < -0.3 is 4.42 Å². The van der Waals surface area contributed by atoms with Gasteiger partial charge in [0.15, 0.2) is 17.8 Å². The lowest BCUT2D eigenvalue weighted by Crippen LogP contribution is -2.28. The highest BCUT2D eigenvalue weighted by atomic mass is 16.3. The molecule has 11 rings (SSSR count). The second kappa shape index (κ2) is 13.8. The lowest BCUT2D eigenvalue weighted by Gasteiger charge is -2.34. The van der Waals surface area contributed by atoms with Crippen LogP contribution in [0.4, 0.5) is 0 Å². The molecule has 0 saturated heterocycles. The van der Waals surface area contributed by atoms with E-state index in [0.29, 0.717) is 5.82 Å². The normalized spacial score (nSPS) is 14.3. The van der Waals surface area contributed by atoms with Crippen molar-refractivity contribution in [3.05, 3.63) is 235 Å². The summed E-state index contributed by atoms with van der Waals surface area (Å²) >= 11 is 0. The van der Waals surface area contributed by atoms with Crippen molar-refractivity contribution >= 4 is 11.1 Å². The third-order valence-corrected chi connectivity index (χ3v) is 11.6. The molecular weight excluding hydrogens is 707 g/mol. The Bertz CT molecular complexity index is 3080. The summed E-state index contributed by atoms with van der Waals surface area (Å²) < 4.78 is 5.69. The first-order valence-corrected chi connectivity index (χ1v) is 19.6. The Morgan fingerprint density at radius 2 is 0.931 bits per heavy atom.